The van der Waals surface area contributed by atoms with Crippen molar-refractivity contribution in [1.82, 2.24) is 20.0 Å². The standard InChI is InChI=1S/C17H17F3N4O6S/c1-7-3-10(17(18,19)20)22-23(7)4-11(26)21-12-14(27)24-13(16(28)29)9(5-30-8(2)25)6-31-15(12)24/h3,12,15H,4-6H2,1-2H3,(H,21,26)(H,28,29)/t12-,15+/m0/s1. The predicted molar refractivity (Wildman–Crippen MR) is 98.3 cm³/mol. The number of nitrogens with zero attached hydrogens (tertiary/aromatic N) is 3. The SMILES string of the molecule is CC(=O)OCC1=C(C(=O)O)N2C(=O)[C@H](NC(=O)Cn3nc(C(F)(F)F)cc3C)[C@H]2SC1. The maximum atomic E-state index is 12.8. The topological polar surface area (TPSA) is 131 Å². The number of carboxylic acid groups (broad SMARTS) is 1. The van der Waals surface area contributed by atoms with Gasteiger partial charge in [0, 0.05) is 23.9 Å². The number of hydrogen-bond acceptors (Lipinski definition) is 7. The minimum absolute atomic E-state index is 0.113. The van der Waals surface area contributed by atoms with Crippen molar-refractivity contribution >= 4 is 35.5 Å². The molecule has 2 aliphatic rings. The lowest BCUT2D eigenvalue weighted by molar-refractivity contribution is -0.151. The van der Waals surface area contributed by atoms with Crippen LogP contribution in [-0.2, 0) is 36.6 Å². The van der Waals surface area contributed by atoms with E-state index in [9.17, 15) is 37.5 Å². The van der Waals surface area contributed by atoms with E-state index < -0.39 is 53.6 Å². The fourth-order valence-corrected chi connectivity index (χ4v) is 4.47. The number of esters is 1. The number of alkyl halides is 3. The Labute approximate surface area is 177 Å². The lowest BCUT2D eigenvalue weighted by atomic mass is 10.0. The first-order valence-electron chi connectivity index (χ1n) is 8.84. The Kier molecular flexibility index (Phi) is 6.02. The molecule has 0 unspecified atom stereocenters. The van der Waals surface area contributed by atoms with Crippen LogP contribution in [0.4, 0.5) is 13.2 Å². The van der Waals surface area contributed by atoms with Gasteiger partial charge in [-0.2, -0.15) is 18.3 Å². The number of β-lactam (4-membered cyclic amide) rings is 1. The van der Waals surface area contributed by atoms with Crippen molar-refractivity contribution in [3.05, 3.63) is 28.7 Å². The third-order valence-electron chi connectivity index (χ3n) is 4.58. The largest absolute Gasteiger partial charge is 0.477 e. The van der Waals surface area contributed by atoms with Crippen LogP contribution in [0.1, 0.15) is 18.3 Å². The first kappa shape index (κ1) is 22.7. The van der Waals surface area contributed by atoms with Crippen LogP contribution in [0.25, 0.3) is 0 Å². The monoisotopic (exact) mass is 462 g/mol. The second-order valence-corrected chi connectivity index (χ2v) is 7.92. The number of amides is 2. The van der Waals surface area contributed by atoms with Crippen molar-refractivity contribution in [3.63, 3.8) is 0 Å². The summed E-state index contributed by atoms with van der Waals surface area (Å²) in [5.74, 6) is -3.26. The maximum absolute atomic E-state index is 12.8. The normalized spacial score (nSPS) is 20.8. The van der Waals surface area contributed by atoms with Gasteiger partial charge in [-0.25, -0.2) is 4.79 Å². The molecule has 2 atom stereocenters. The molecule has 2 N–H and O–H groups in total. The Balaban J connectivity index is 1.69. The van der Waals surface area contributed by atoms with Gasteiger partial charge in [0.15, 0.2) is 5.69 Å². The molecule has 1 saturated heterocycles. The highest BCUT2D eigenvalue weighted by atomic mass is 32.2. The maximum Gasteiger partial charge on any atom is 0.435 e. The summed E-state index contributed by atoms with van der Waals surface area (Å²) in [5, 5.41) is 14.6. The molecular weight excluding hydrogens is 445 g/mol. The molecule has 0 radical (unpaired) electrons. The number of rotatable bonds is 6. The summed E-state index contributed by atoms with van der Waals surface area (Å²) in [6.07, 6.45) is -4.65. The van der Waals surface area contributed by atoms with Crippen molar-refractivity contribution in [1.29, 1.82) is 0 Å². The zero-order valence-electron chi connectivity index (χ0n) is 16.2. The number of halogens is 3. The second-order valence-electron chi connectivity index (χ2n) is 6.82. The van der Waals surface area contributed by atoms with E-state index in [0.29, 0.717) is 0 Å². The van der Waals surface area contributed by atoms with Gasteiger partial charge < -0.3 is 15.2 Å². The molecule has 0 spiro atoms. The van der Waals surface area contributed by atoms with Crippen LogP contribution < -0.4 is 5.32 Å². The van der Waals surface area contributed by atoms with E-state index in [0.717, 1.165) is 15.6 Å². The van der Waals surface area contributed by atoms with Crippen LogP contribution in [0.3, 0.4) is 0 Å². The van der Waals surface area contributed by atoms with E-state index >= 15 is 0 Å². The molecule has 0 bridgehead atoms. The van der Waals surface area contributed by atoms with Crippen molar-refractivity contribution in [3.8, 4) is 0 Å². The van der Waals surface area contributed by atoms with Gasteiger partial charge in [-0.3, -0.25) is 24.0 Å². The number of aliphatic carboxylic acids is 1. The van der Waals surface area contributed by atoms with E-state index in [1.165, 1.54) is 25.6 Å². The lowest BCUT2D eigenvalue weighted by Gasteiger charge is -2.49. The van der Waals surface area contributed by atoms with Crippen molar-refractivity contribution in [2.24, 2.45) is 0 Å². The summed E-state index contributed by atoms with van der Waals surface area (Å²) < 4.78 is 44.0. The van der Waals surface area contributed by atoms with Crippen molar-refractivity contribution in [2.75, 3.05) is 12.4 Å². The third-order valence-corrected chi connectivity index (χ3v) is 5.92. The molecule has 31 heavy (non-hydrogen) atoms. The zero-order chi connectivity index (χ0) is 23.1. The van der Waals surface area contributed by atoms with Crippen LogP contribution in [0.15, 0.2) is 17.3 Å². The van der Waals surface area contributed by atoms with Gasteiger partial charge in [-0.05, 0) is 13.0 Å². The highest BCUT2D eigenvalue weighted by Gasteiger charge is 2.54. The molecule has 1 fully saturated rings. The number of thioether (sulfide) groups is 1. The Hall–Kier alpha value is -3.03. The Bertz CT molecular complexity index is 989. The van der Waals surface area contributed by atoms with E-state index in [2.05, 4.69) is 10.4 Å². The average molecular weight is 462 g/mol. The Morgan fingerprint density at radius 1 is 1.39 bits per heavy atom. The Morgan fingerprint density at radius 3 is 2.61 bits per heavy atom. The predicted octanol–water partition coefficient (Wildman–Crippen LogP) is 0.512. The van der Waals surface area contributed by atoms with Crippen LogP contribution in [0, 0.1) is 6.92 Å². The molecule has 10 nitrogen and oxygen atoms in total. The number of hydrogen-bond donors (Lipinski definition) is 2. The van der Waals surface area contributed by atoms with Gasteiger partial charge in [0.1, 0.15) is 30.3 Å². The van der Waals surface area contributed by atoms with Gasteiger partial charge in [0.05, 0.1) is 0 Å². The molecule has 168 valence electrons. The number of fused-ring (bicyclic) bond motifs is 1. The van der Waals surface area contributed by atoms with Gasteiger partial charge >= 0.3 is 18.1 Å². The molecule has 1 aromatic rings. The molecule has 2 amide bonds. The van der Waals surface area contributed by atoms with Gasteiger partial charge in [0.2, 0.25) is 5.91 Å². The molecule has 0 aromatic carbocycles. The number of carbonyl (C=O) groups excluding carboxylic acids is 3. The van der Waals surface area contributed by atoms with Gasteiger partial charge in [0.25, 0.3) is 5.91 Å². The zero-order valence-corrected chi connectivity index (χ0v) is 17.0. The van der Waals surface area contributed by atoms with Crippen LogP contribution >= 0.6 is 11.8 Å². The fourth-order valence-electron chi connectivity index (χ4n) is 3.15. The molecular formula is C17H17F3N4O6S. The van der Waals surface area contributed by atoms with Crippen LogP contribution in [-0.4, -0.2) is 67.3 Å². The average Bonchev–Trinajstić information content (AvgIpc) is 3.04. The molecule has 14 heteroatoms. The van der Waals surface area contributed by atoms with E-state index in [-0.39, 0.29) is 29.3 Å². The highest BCUT2D eigenvalue weighted by molar-refractivity contribution is 8.00. The fraction of sp³-hybridized carbons (Fsp3) is 0.471. The summed E-state index contributed by atoms with van der Waals surface area (Å²) >= 11 is 1.17. The molecule has 1 aromatic heterocycles. The molecule has 0 saturated carbocycles. The smallest absolute Gasteiger partial charge is 0.435 e. The third kappa shape index (κ3) is 4.52. The number of carboxylic acids is 1. The number of aryl methyl sites for hydroxylation is 1. The Morgan fingerprint density at radius 2 is 2.06 bits per heavy atom. The van der Waals surface area contributed by atoms with Gasteiger partial charge in [-0.15, -0.1) is 11.8 Å². The summed E-state index contributed by atoms with van der Waals surface area (Å²) in [4.78, 5) is 48.4. The highest BCUT2D eigenvalue weighted by Crippen LogP contribution is 2.40. The molecule has 2 aliphatic heterocycles. The van der Waals surface area contributed by atoms with E-state index in [1.54, 1.807) is 0 Å². The number of ether oxygens (including phenoxy) is 1. The van der Waals surface area contributed by atoms with Crippen LogP contribution in [0.2, 0.25) is 0 Å². The van der Waals surface area contributed by atoms with Crippen LogP contribution in [0.5, 0.6) is 0 Å². The van der Waals surface area contributed by atoms with Crippen molar-refractivity contribution in [2.45, 2.75) is 38.0 Å². The first-order chi connectivity index (χ1) is 14.4. The summed E-state index contributed by atoms with van der Waals surface area (Å²) in [6, 6.07) is -0.241. The van der Waals surface area contributed by atoms with E-state index in [4.69, 9.17) is 4.74 Å². The minimum atomic E-state index is -4.65. The second kappa shape index (κ2) is 8.24. The molecule has 3 rings (SSSR count). The van der Waals surface area contributed by atoms with Crippen molar-refractivity contribution < 1.29 is 42.2 Å². The molecule has 0 aliphatic carbocycles. The summed E-state index contributed by atoms with van der Waals surface area (Å²) in [6.45, 7) is 1.70. The number of aromatic nitrogens is 2. The summed E-state index contributed by atoms with van der Waals surface area (Å²) in [5.41, 5.74) is -1.09. The quantitative estimate of drug-likeness (QED) is 0.462. The lowest BCUT2D eigenvalue weighted by Crippen LogP contribution is -2.70. The number of carbonyl (C=O) groups is 4. The summed E-state index contributed by atoms with van der Waals surface area (Å²) in [7, 11) is 0. The number of nitrogens with one attached hydrogen (secondary N) is 1. The first-order valence-corrected chi connectivity index (χ1v) is 9.89. The molecule has 3 heterocycles. The van der Waals surface area contributed by atoms with E-state index in [1.807, 2.05) is 0 Å². The minimum Gasteiger partial charge on any atom is -0.477 e. The van der Waals surface area contributed by atoms with Gasteiger partial charge in [-0.1, -0.05) is 0 Å².